The van der Waals surface area contributed by atoms with E-state index >= 15 is 0 Å². The number of carbonyl (C=O) groups excluding carboxylic acids is 3. The molecule has 5 nitrogen and oxygen atoms in total. The molecule has 2 aromatic rings. The maximum atomic E-state index is 12.4. The third kappa shape index (κ3) is 3.28. The van der Waals surface area contributed by atoms with Gasteiger partial charge in [-0.05, 0) is 37.6 Å². The van der Waals surface area contributed by atoms with Gasteiger partial charge in [-0.15, -0.1) is 0 Å². The molecule has 3 rings (SSSR count). The summed E-state index contributed by atoms with van der Waals surface area (Å²) < 4.78 is 0. The van der Waals surface area contributed by atoms with Crippen LogP contribution >= 0.6 is 11.6 Å². The van der Waals surface area contributed by atoms with Crippen molar-refractivity contribution in [3.63, 3.8) is 0 Å². The van der Waals surface area contributed by atoms with E-state index in [1.54, 1.807) is 18.2 Å². The number of carbonyl (C=O) groups is 3. The maximum absolute atomic E-state index is 12.4. The van der Waals surface area contributed by atoms with E-state index in [2.05, 4.69) is 5.32 Å². The summed E-state index contributed by atoms with van der Waals surface area (Å²) in [5, 5.41) is 3.06. The average molecular weight is 357 g/mol. The van der Waals surface area contributed by atoms with Crippen LogP contribution in [0.15, 0.2) is 36.4 Å². The second-order valence-corrected chi connectivity index (χ2v) is 6.45. The average Bonchev–Trinajstić information content (AvgIpc) is 2.80. The second-order valence-electron chi connectivity index (χ2n) is 6.04. The number of amides is 3. The minimum absolute atomic E-state index is 0.0133. The topological polar surface area (TPSA) is 66.5 Å². The van der Waals surface area contributed by atoms with Gasteiger partial charge < -0.3 is 5.32 Å². The van der Waals surface area contributed by atoms with Gasteiger partial charge in [-0.2, -0.15) is 0 Å². The molecule has 1 aliphatic rings. The van der Waals surface area contributed by atoms with Crippen molar-refractivity contribution in [2.75, 3.05) is 11.9 Å². The first-order valence-corrected chi connectivity index (χ1v) is 8.28. The number of hydrogen-bond acceptors (Lipinski definition) is 3. The van der Waals surface area contributed by atoms with Gasteiger partial charge in [0.05, 0.1) is 16.1 Å². The van der Waals surface area contributed by atoms with Gasteiger partial charge in [0, 0.05) is 18.7 Å². The second kappa shape index (κ2) is 6.69. The van der Waals surface area contributed by atoms with E-state index in [0.717, 1.165) is 21.7 Å². The Morgan fingerprint density at radius 3 is 2.56 bits per heavy atom. The van der Waals surface area contributed by atoms with E-state index in [0.29, 0.717) is 0 Å². The van der Waals surface area contributed by atoms with Crippen molar-refractivity contribution in [1.29, 1.82) is 0 Å². The van der Waals surface area contributed by atoms with Gasteiger partial charge in [0.15, 0.2) is 0 Å². The van der Waals surface area contributed by atoms with Crippen LogP contribution in [0.1, 0.15) is 38.3 Å². The summed E-state index contributed by atoms with van der Waals surface area (Å²) in [4.78, 5) is 38.0. The smallest absolute Gasteiger partial charge is 0.263 e. The normalized spacial score (nSPS) is 13.2. The van der Waals surface area contributed by atoms with E-state index in [9.17, 15) is 14.4 Å². The summed E-state index contributed by atoms with van der Waals surface area (Å²) in [6.07, 6.45) is 0.0242. The number of hydrogen-bond donors (Lipinski definition) is 1. The minimum Gasteiger partial charge on any atom is -0.326 e. The minimum atomic E-state index is -0.454. The lowest BCUT2D eigenvalue weighted by molar-refractivity contribution is -0.116. The Hall–Kier alpha value is -2.66. The predicted octanol–water partition coefficient (Wildman–Crippen LogP) is 3.58. The highest BCUT2D eigenvalue weighted by atomic mass is 35.5. The van der Waals surface area contributed by atoms with Crippen LogP contribution in [0.4, 0.5) is 5.69 Å². The van der Waals surface area contributed by atoms with Gasteiger partial charge in [0.25, 0.3) is 11.8 Å². The molecule has 25 heavy (non-hydrogen) atoms. The zero-order chi connectivity index (χ0) is 18.1. The van der Waals surface area contributed by atoms with Crippen LogP contribution in [0.5, 0.6) is 0 Å². The summed E-state index contributed by atoms with van der Waals surface area (Å²) in [6.45, 7) is 3.90. The van der Waals surface area contributed by atoms with Crippen LogP contribution in [0.2, 0.25) is 5.02 Å². The molecule has 0 spiro atoms. The Morgan fingerprint density at radius 1 is 1.12 bits per heavy atom. The quantitative estimate of drug-likeness (QED) is 0.851. The van der Waals surface area contributed by atoms with Crippen molar-refractivity contribution in [3.8, 4) is 0 Å². The van der Waals surface area contributed by atoms with Crippen molar-refractivity contribution in [2.24, 2.45) is 0 Å². The number of anilines is 1. The Balaban J connectivity index is 1.66. The van der Waals surface area contributed by atoms with Gasteiger partial charge in [-0.1, -0.05) is 35.4 Å². The lowest BCUT2D eigenvalue weighted by Gasteiger charge is -2.14. The molecule has 0 bridgehead atoms. The number of aryl methyl sites for hydroxylation is 2. The number of halogens is 1. The zero-order valence-corrected chi connectivity index (χ0v) is 14.7. The van der Waals surface area contributed by atoms with Crippen LogP contribution < -0.4 is 5.32 Å². The molecule has 6 heteroatoms. The Labute approximate surface area is 150 Å². The van der Waals surface area contributed by atoms with Gasteiger partial charge in [0.1, 0.15) is 0 Å². The van der Waals surface area contributed by atoms with E-state index < -0.39 is 11.8 Å². The molecule has 128 valence electrons. The summed E-state index contributed by atoms with van der Waals surface area (Å²) in [5.41, 5.74) is 3.29. The summed E-state index contributed by atoms with van der Waals surface area (Å²) in [6, 6.07) is 10.5. The molecule has 0 aliphatic carbocycles. The number of nitrogens with one attached hydrogen (secondary N) is 1. The molecule has 0 atom stereocenters. The monoisotopic (exact) mass is 356 g/mol. The van der Waals surface area contributed by atoms with E-state index in [1.165, 1.54) is 0 Å². The first-order valence-electron chi connectivity index (χ1n) is 7.90. The van der Waals surface area contributed by atoms with E-state index in [1.807, 2.05) is 32.0 Å². The van der Waals surface area contributed by atoms with Crippen molar-refractivity contribution < 1.29 is 14.4 Å². The molecular weight excluding hydrogens is 340 g/mol. The fourth-order valence-corrected chi connectivity index (χ4v) is 3.13. The van der Waals surface area contributed by atoms with Crippen LogP contribution in [0.3, 0.4) is 0 Å². The molecule has 0 aromatic heterocycles. The molecule has 1 N–H and O–H groups in total. The molecule has 2 aromatic carbocycles. The first kappa shape index (κ1) is 17.2. The summed E-state index contributed by atoms with van der Waals surface area (Å²) in [7, 11) is 0. The van der Waals surface area contributed by atoms with Crippen molar-refractivity contribution in [3.05, 3.63) is 63.7 Å². The number of imide groups is 1. The molecule has 0 fully saturated rings. The molecule has 0 saturated heterocycles. The van der Waals surface area contributed by atoms with Gasteiger partial charge >= 0.3 is 0 Å². The van der Waals surface area contributed by atoms with Crippen LogP contribution in [-0.2, 0) is 4.79 Å². The highest BCUT2D eigenvalue weighted by Crippen LogP contribution is 2.29. The lowest BCUT2D eigenvalue weighted by atomic mass is 10.1. The molecule has 1 aliphatic heterocycles. The van der Waals surface area contributed by atoms with Crippen LogP contribution in [-0.4, -0.2) is 29.2 Å². The molecule has 0 unspecified atom stereocenters. The van der Waals surface area contributed by atoms with Crippen LogP contribution in [0.25, 0.3) is 0 Å². The number of benzene rings is 2. The Kier molecular flexibility index (Phi) is 4.59. The van der Waals surface area contributed by atoms with Crippen LogP contribution in [0, 0.1) is 13.8 Å². The fraction of sp³-hybridized carbons (Fsp3) is 0.211. The lowest BCUT2D eigenvalue weighted by Crippen LogP contribution is -2.33. The predicted molar refractivity (Wildman–Crippen MR) is 96.0 cm³/mol. The van der Waals surface area contributed by atoms with Gasteiger partial charge in [-0.25, -0.2) is 0 Å². The standard InChI is InChI=1S/C19H17ClN2O3/c1-11-6-7-15(12(2)10-11)21-16(23)8-9-22-18(24)13-4-3-5-14(20)17(13)19(22)25/h3-7,10H,8-9H2,1-2H3,(H,21,23). The molecule has 0 saturated carbocycles. The highest BCUT2D eigenvalue weighted by molar-refractivity contribution is 6.37. The first-order chi connectivity index (χ1) is 11.9. The van der Waals surface area contributed by atoms with Gasteiger partial charge in [0.2, 0.25) is 5.91 Å². The van der Waals surface area contributed by atoms with Gasteiger partial charge in [-0.3, -0.25) is 19.3 Å². The zero-order valence-electron chi connectivity index (χ0n) is 13.9. The largest absolute Gasteiger partial charge is 0.326 e. The third-order valence-corrected chi connectivity index (χ3v) is 4.48. The highest BCUT2D eigenvalue weighted by Gasteiger charge is 2.37. The van der Waals surface area contributed by atoms with E-state index in [4.69, 9.17) is 11.6 Å². The molecular formula is C19H17ClN2O3. The Bertz CT molecular complexity index is 892. The maximum Gasteiger partial charge on any atom is 0.263 e. The third-order valence-electron chi connectivity index (χ3n) is 4.17. The Morgan fingerprint density at radius 2 is 1.88 bits per heavy atom. The van der Waals surface area contributed by atoms with Crippen molar-refractivity contribution in [1.82, 2.24) is 4.90 Å². The molecule has 1 heterocycles. The summed E-state index contributed by atoms with van der Waals surface area (Å²) >= 11 is 6.02. The number of fused-ring (bicyclic) bond motifs is 1. The molecule has 3 amide bonds. The summed E-state index contributed by atoms with van der Waals surface area (Å²) in [5.74, 6) is -1.12. The SMILES string of the molecule is Cc1ccc(NC(=O)CCN2C(=O)c3cccc(Cl)c3C2=O)c(C)c1. The van der Waals surface area contributed by atoms with Crippen molar-refractivity contribution in [2.45, 2.75) is 20.3 Å². The van der Waals surface area contributed by atoms with Crippen molar-refractivity contribution >= 4 is 35.0 Å². The number of nitrogens with zero attached hydrogens (tertiary/aromatic N) is 1. The number of rotatable bonds is 4. The fourth-order valence-electron chi connectivity index (χ4n) is 2.88. The van der Waals surface area contributed by atoms with E-state index in [-0.39, 0.29) is 35.0 Å². The molecule has 0 radical (unpaired) electrons.